The van der Waals surface area contributed by atoms with Gasteiger partial charge in [0.2, 0.25) is 5.91 Å². The van der Waals surface area contributed by atoms with E-state index in [4.69, 9.17) is 0 Å². The van der Waals surface area contributed by atoms with Crippen molar-refractivity contribution in [3.05, 3.63) is 54.4 Å². The number of piperazine rings is 1. The molecule has 0 aliphatic carbocycles. The lowest BCUT2D eigenvalue weighted by Crippen LogP contribution is -2.50. The van der Waals surface area contributed by atoms with E-state index in [2.05, 4.69) is 9.88 Å². The van der Waals surface area contributed by atoms with E-state index in [9.17, 15) is 9.59 Å². The maximum atomic E-state index is 12.4. The molecule has 1 aromatic heterocycles. The number of aromatic nitrogens is 1. The van der Waals surface area contributed by atoms with Crippen LogP contribution in [0, 0.1) is 5.92 Å². The van der Waals surface area contributed by atoms with E-state index < -0.39 is 0 Å². The number of nitrogens with zero attached hydrogens (tertiary/aromatic N) is 3. The first-order valence-corrected chi connectivity index (χ1v) is 9.21. The average molecular weight is 352 g/mol. The third-order valence-electron chi connectivity index (χ3n) is 5.28. The van der Waals surface area contributed by atoms with Crippen molar-refractivity contribution in [1.29, 1.82) is 0 Å². The van der Waals surface area contributed by atoms with Crippen LogP contribution in [0.3, 0.4) is 0 Å². The lowest BCUT2D eigenvalue weighted by atomic mass is 10.1. The summed E-state index contributed by atoms with van der Waals surface area (Å²) in [6, 6.07) is 13.6. The van der Waals surface area contributed by atoms with Gasteiger partial charge in [-0.3, -0.25) is 14.5 Å². The quantitative estimate of drug-likeness (QED) is 0.913. The normalized spacial score (nSPS) is 21.4. The molecule has 0 bridgehead atoms. The molecule has 2 aromatic rings. The zero-order valence-electron chi connectivity index (χ0n) is 14.8. The molecule has 1 N–H and O–H groups in total. The van der Waals surface area contributed by atoms with Gasteiger partial charge < -0.3 is 14.8 Å². The van der Waals surface area contributed by atoms with Crippen LogP contribution in [0.15, 0.2) is 48.7 Å². The molecule has 0 saturated carbocycles. The number of H-pyrrole nitrogens is 1. The molecule has 0 radical (unpaired) electrons. The van der Waals surface area contributed by atoms with Gasteiger partial charge in [0, 0.05) is 57.6 Å². The van der Waals surface area contributed by atoms with Crippen molar-refractivity contribution in [2.45, 2.75) is 6.42 Å². The topological polar surface area (TPSA) is 59.7 Å². The summed E-state index contributed by atoms with van der Waals surface area (Å²) in [6.45, 7) is 4.90. The second-order valence-corrected chi connectivity index (χ2v) is 7.09. The SMILES string of the molecule is O=C(c1ccc[nH]1)N1CCN(C[C@@H]2CC(=O)N(c3ccccc3)C2)CC1. The summed E-state index contributed by atoms with van der Waals surface area (Å²) in [5.41, 5.74) is 1.64. The number of carbonyl (C=O) groups excluding carboxylic acids is 2. The number of carbonyl (C=O) groups is 2. The highest BCUT2D eigenvalue weighted by atomic mass is 16.2. The highest BCUT2D eigenvalue weighted by Gasteiger charge is 2.32. The summed E-state index contributed by atoms with van der Waals surface area (Å²) in [5, 5.41) is 0. The van der Waals surface area contributed by atoms with Gasteiger partial charge in [-0.05, 0) is 30.2 Å². The Kier molecular flexibility index (Phi) is 4.75. The number of amides is 2. The minimum atomic E-state index is 0.0703. The van der Waals surface area contributed by atoms with Crippen LogP contribution in [-0.4, -0.2) is 65.9 Å². The molecule has 2 aliphatic heterocycles. The van der Waals surface area contributed by atoms with Gasteiger partial charge in [-0.25, -0.2) is 0 Å². The molecule has 2 fully saturated rings. The fraction of sp³-hybridized carbons (Fsp3) is 0.400. The van der Waals surface area contributed by atoms with Crippen molar-refractivity contribution in [3.8, 4) is 0 Å². The van der Waals surface area contributed by atoms with E-state index in [1.54, 1.807) is 6.20 Å². The van der Waals surface area contributed by atoms with E-state index >= 15 is 0 Å². The molecule has 2 amide bonds. The Labute approximate surface area is 153 Å². The van der Waals surface area contributed by atoms with Crippen LogP contribution in [0.4, 0.5) is 5.69 Å². The first-order chi connectivity index (χ1) is 12.7. The number of rotatable bonds is 4. The first-order valence-electron chi connectivity index (χ1n) is 9.21. The van der Waals surface area contributed by atoms with Gasteiger partial charge in [-0.15, -0.1) is 0 Å². The summed E-state index contributed by atoms with van der Waals surface area (Å²) in [5.74, 6) is 0.635. The summed E-state index contributed by atoms with van der Waals surface area (Å²) < 4.78 is 0. The van der Waals surface area contributed by atoms with E-state index in [1.165, 1.54) is 0 Å². The van der Waals surface area contributed by atoms with Crippen LogP contribution in [-0.2, 0) is 4.79 Å². The van der Waals surface area contributed by atoms with Gasteiger partial charge in [-0.2, -0.15) is 0 Å². The molecule has 3 heterocycles. The molecule has 136 valence electrons. The van der Waals surface area contributed by atoms with Crippen molar-refractivity contribution in [3.63, 3.8) is 0 Å². The number of nitrogens with one attached hydrogen (secondary N) is 1. The second kappa shape index (κ2) is 7.33. The Hall–Kier alpha value is -2.60. The van der Waals surface area contributed by atoms with Gasteiger partial charge in [0.1, 0.15) is 5.69 Å². The summed E-state index contributed by atoms with van der Waals surface area (Å²) >= 11 is 0. The fourth-order valence-electron chi connectivity index (χ4n) is 3.89. The predicted octanol–water partition coefficient (Wildman–Crippen LogP) is 1.83. The number of para-hydroxylation sites is 1. The highest BCUT2D eigenvalue weighted by Crippen LogP contribution is 2.25. The van der Waals surface area contributed by atoms with Crippen molar-refractivity contribution in [2.75, 3.05) is 44.2 Å². The van der Waals surface area contributed by atoms with Crippen molar-refractivity contribution >= 4 is 17.5 Å². The van der Waals surface area contributed by atoms with E-state index in [0.29, 0.717) is 18.0 Å². The maximum absolute atomic E-state index is 12.4. The number of hydrogen-bond donors (Lipinski definition) is 1. The zero-order valence-corrected chi connectivity index (χ0v) is 14.8. The van der Waals surface area contributed by atoms with Crippen LogP contribution >= 0.6 is 0 Å². The van der Waals surface area contributed by atoms with Gasteiger partial charge in [0.05, 0.1) is 0 Å². The monoisotopic (exact) mass is 352 g/mol. The van der Waals surface area contributed by atoms with Crippen LogP contribution < -0.4 is 4.90 Å². The summed E-state index contributed by atoms with van der Waals surface area (Å²) in [4.78, 5) is 33.9. The Bertz CT molecular complexity index is 751. The molecule has 1 atom stereocenters. The van der Waals surface area contributed by atoms with Crippen LogP contribution in [0.5, 0.6) is 0 Å². The van der Waals surface area contributed by atoms with Crippen molar-refractivity contribution < 1.29 is 9.59 Å². The average Bonchev–Trinajstić information content (AvgIpc) is 3.32. The van der Waals surface area contributed by atoms with Gasteiger partial charge in [0.15, 0.2) is 0 Å². The molecule has 2 saturated heterocycles. The lowest BCUT2D eigenvalue weighted by Gasteiger charge is -2.35. The van der Waals surface area contributed by atoms with E-state index in [1.807, 2.05) is 52.3 Å². The first kappa shape index (κ1) is 16.8. The van der Waals surface area contributed by atoms with Crippen molar-refractivity contribution in [1.82, 2.24) is 14.8 Å². The number of benzene rings is 1. The largest absolute Gasteiger partial charge is 0.357 e. The summed E-state index contributed by atoms with van der Waals surface area (Å²) in [6.07, 6.45) is 2.38. The Morgan fingerprint density at radius 1 is 1.04 bits per heavy atom. The van der Waals surface area contributed by atoms with Gasteiger partial charge in [-0.1, -0.05) is 18.2 Å². The maximum Gasteiger partial charge on any atom is 0.270 e. The molecule has 0 unspecified atom stereocenters. The lowest BCUT2D eigenvalue weighted by molar-refractivity contribution is -0.117. The van der Waals surface area contributed by atoms with Crippen LogP contribution in [0.1, 0.15) is 16.9 Å². The third kappa shape index (κ3) is 3.51. The van der Waals surface area contributed by atoms with E-state index in [-0.39, 0.29) is 11.8 Å². The Balaban J connectivity index is 1.29. The van der Waals surface area contributed by atoms with Gasteiger partial charge in [0.25, 0.3) is 5.91 Å². The fourth-order valence-corrected chi connectivity index (χ4v) is 3.89. The highest BCUT2D eigenvalue weighted by molar-refractivity contribution is 5.95. The Morgan fingerprint density at radius 3 is 2.50 bits per heavy atom. The molecule has 4 rings (SSSR count). The molecule has 6 nitrogen and oxygen atoms in total. The number of anilines is 1. The molecule has 1 aromatic carbocycles. The zero-order chi connectivity index (χ0) is 17.9. The summed E-state index contributed by atoms with van der Waals surface area (Å²) in [7, 11) is 0. The molecule has 6 heteroatoms. The Morgan fingerprint density at radius 2 is 1.81 bits per heavy atom. The molecule has 26 heavy (non-hydrogen) atoms. The third-order valence-corrected chi connectivity index (χ3v) is 5.28. The molecule has 0 spiro atoms. The number of hydrogen-bond acceptors (Lipinski definition) is 3. The predicted molar refractivity (Wildman–Crippen MR) is 100 cm³/mol. The minimum Gasteiger partial charge on any atom is -0.357 e. The van der Waals surface area contributed by atoms with Crippen molar-refractivity contribution in [2.24, 2.45) is 5.92 Å². The molecule has 2 aliphatic rings. The number of aromatic amines is 1. The molecular formula is C20H24N4O2. The van der Waals surface area contributed by atoms with Gasteiger partial charge >= 0.3 is 0 Å². The second-order valence-electron chi connectivity index (χ2n) is 7.09. The van der Waals surface area contributed by atoms with Crippen LogP contribution in [0.25, 0.3) is 0 Å². The van der Waals surface area contributed by atoms with E-state index in [0.717, 1.165) is 45.0 Å². The minimum absolute atomic E-state index is 0.0703. The smallest absolute Gasteiger partial charge is 0.270 e. The molecular weight excluding hydrogens is 328 g/mol. The van der Waals surface area contributed by atoms with Crippen LogP contribution in [0.2, 0.25) is 0 Å². The standard InChI is InChI=1S/C20H24N4O2/c25-19-13-16(15-24(19)17-5-2-1-3-6-17)14-22-9-11-23(12-10-22)20(26)18-7-4-8-21-18/h1-8,16,21H,9-15H2/t16-/m0/s1.